The van der Waals surface area contributed by atoms with Gasteiger partial charge in [-0.05, 0) is 17.7 Å². The van der Waals surface area contributed by atoms with Gasteiger partial charge in [-0.2, -0.15) is 11.8 Å². The monoisotopic (exact) mass is 201 g/mol. The molecule has 0 unspecified atom stereocenters. The minimum atomic E-state index is -0.373. The van der Waals surface area contributed by atoms with Crippen LogP contribution in [-0.4, -0.2) is 17.5 Å². The van der Waals surface area contributed by atoms with Crippen LogP contribution in [0.5, 0.6) is 0 Å². The number of aliphatic hydroxyl groups excluding tert-OH is 1. The van der Waals surface area contributed by atoms with Gasteiger partial charge < -0.3 is 10.8 Å². The van der Waals surface area contributed by atoms with E-state index < -0.39 is 0 Å². The second-order valence-corrected chi connectivity index (χ2v) is 3.74. The van der Waals surface area contributed by atoms with Crippen molar-refractivity contribution in [2.45, 2.75) is 5.75 Å². The molecule has 1 aromatic carbocycles. The Kier molecular flexibility index (Phi) is 4.05. The molecule has 0 heterocycles. The Bertz CT molecular complexity index is 280. The fourth-order valence-electron chi connectivity index (χ4n) is 0.915. The fourth-order valence-corrected chi connectivity index (χ4v) is 1.60. The molecule has 13 heavy (non-hydrogen) atoms. The molecule has 0 spiro atoms. The second kappa shape index (κ2) is 5.09. The highest BCUT2D eigenvalue weighted by Gasteiger charge is 1.99. The molecule has 1 rings (SSSR count). The van der Waals surface area contributed by atoms with E-state index >= 15 is 0 Å². The van der Waals surface area contributed by atoms with Gasteiger partial charge >= 0.3 is 0 Å². The number of halogens is 1. The van der Waals surface area contributed by atoms with Crippen LogP contribution in [0.4, 0.5) is 10.1 Å². The molecule has 72 valence electrons. The third kappa shape index (κ3) is 3.24. The molecule has 1 aromatic rings. The average Bonchev–Trinajstić information content (AvgIpc) is 2.12. The Balaban J connectivity index is 2.53. The lowest BCUT2D eigenvalue weighted by molar-refractivity contribution is 0.322. The Morgan fingerprint density at radius 2 is 2.23 bits per heavy atom. The van der Waals surface area contributed by atoms with Crippen LogP contribution in [0.15, 0.2) is 18.2 Å². The molecule has 0 amide bonds. The number of aliphatic hydroxyl groups is 1. The molecule has 4 heteroatoms. The van der Waals surface area contributed by atoms with Crippen molar-refractivity contribution in [1.82, 2.24) is 0 Å². The van der Waals surface area contributed by atoms with Crippen LogP contribution in [0.2, 0.25) is 0 Å². The Labute approximate surface area is 80.9 Å². The summed E-state index contributed by atoms with van der Waals surface area (Å²) < 4.78 is 12.9. The number of rotatable bonds is 4. The van der Waals surface area contributed by atoms with E-state index in [1.807, 2.05) is 0 Å². The highest BCUT2D eigenvalue weighted by atomic mass is 32.2. The maximum atomic E-state index is 12.9. The van der Waals surface area contributed by atoms with Gasteiger partial charge in [0.15, 0.2) is 0 Å². The summed E-state index contributed by atoms with van der Waals surface area (Å²) in [5.74, 6) is 1.01. The van der Waals surface area contributed by atoms with Crippen LogP contribution in [0.1, 0.15) is 5.56 Å². The number of thioether (sulfide) groups is 1. The molecule has 0 bridgehead atoms. The maximum Gasteiger partial charge on any atom is 0.146 e. The van der Waals surface area contributed by atoms with E-state index in [2.05, 4.69) is 0 Å². The van der Waals surface area contributed by atoms with Crippen LogP contribution in [0, 0.1) is 5.82 Å². The smallest absolute Gasteiger partial charge is 0.146 e. The molecule has 0 saturated carbocycles. The first-order chi connectivity index (χ1) is 6.24. The molecule has 0 aromatic heterocycles. The van der Waals surface area contributed by atoms with Crippen LogP contribution in [0.25, 0.3) is 0 Å². The third-order valence-electron chi connectivity index (χ3n) is 1.57. The molecule has 0 aliphatic heterocycles. The van der Waals surface area contributed by atoms with Crippen molar-refractivity contribution in [3.8, 4) is 0 Å². The zero-order chi connectivity index (χ0) is 9.68. The first-order valence-corrected chi connectivity index (χ1v) is 5.12. The Morgan fingerprint density at radius 1 is 1.46 bits per heavy atom. The largest absolute Gasteiger partial charge is 0.396 e. The summed E-state index contributed by atoms with van der Waals surface area (Å²) in [4.78, 5) is 0. The SMILES string of the molecule is Nc1ccc(CSCCO)cc1F. The Morgan fingerprint density at radius 3 is 2.85 bits per heavy atom. The lowest BCUT2D eigenvalue weighted by atomic mass is 10.2. The molecule has 0 fully saturated rings. The van der Waals surface area contributed by atoms with Crippen molar-refractivity contribution in [1.29, 1.82) is 0 Å². The van der Waals surface area contributed by atoms with Gasteiger partial charge in [0, 0.05) is 11.5 Å². The van der Waals surface area contributed by atoms with E-state index in [9.17, 15) is 4.39 Å². The summed E-state index contributed by atoms with van der Waals surface area (Å²) >= 11 is 1.56. The fraction of sp³-hybridized carbons (Fsp3) is 0.333. The number of hydrogen-bond acceptors (Lipinski definition) is 3. The number of hydrogen-bond donors (Lipinski definition) is 2. The predicted octanol–water partition coefficient (Wildman–Crippen LogP) is 1.63. The van der Waals surface area contributed by atoms with E-state index in [-0.39, 0.29) is 18.1 Å². The first kappa shape index (κ1) is 10.3. The Hall–Kier alpha value is -0.740. The normalized spacial score (nSPS) is 10.3. The molecular formula is C9H12FNOS. The van der Waals surface area contributed by atoms with Crippen LogP contribution in [-0.2, 0) is 5.75 Å². The van der Waals surface area contributed by atoms with Crippen LogP contribution < -0.4 is 5.73 Å². The van der Waals surface area contributed by atoms with E-state index in [1.54, 1.807) is 23.9 Å². The van der Waals surface area contributed by atoms with Gasteiger partial charge in [0.1, 0.15) is 5.82 Å². The van der Waals surface area contributed by atoms with Gasteiger partial charge in [0.25, 0.3) is 0 Å². The zero-order valence-corrected chi connectivity index (χ0v) is 7.98. The summed E-state index contributed by atoms with van der Waals surface area (Å²) in [6.45, 7) is 0.155. The summed E-state index contributed by atoms with van der Waals surface area (Å²) in [6.07, 6.45) is 0. The summed E-state index contributed by atoms with van der Waals surface area (Å²) in [5, 5.41) is 8.53. The van der Waals surface area contributed by atoms with Gasteiger partial charge in [0.05, 0.1) is 12.3 Å². The van der Waals surface area contributed by atoms with Gasteiger partial charge in [-0.15, -0.1) is 0 Å². The van der Waals surface area contributed by atoms with Crippen molar-refractivity contribution in [2.24, 2.45) is 0 Å². The lowest BCUT2D eigenvalue weighted by Gasteiger charge is -2.02. The van der Waals surface area contributed by atoms with Crippen LogP contribution >= 0.6 is 11.8 Å². The molecular weight excluding hydrogens is 189 g/mol. The lowest BCUT2D eigenvalue weighted by Crippen LogP contribution is -1.93. The minimum absolute atomic E-state index is 0.155. The number of benzene rings is 1. The van der Waals surface area contributed by atoms with Gasteiger partial charge in [-0.25, -0.2) is 4.39 Å². The second-order valence-electron chi connectivity index (χ2n) is 2.63. The van der Waals surface area contributed by atoms with Gasteiger partial charge in [-0.1, -0.05) is 6.07 Å². The van der Waals surface area contributed by atoms with Crippen LogP contribution in [0.3, 0.4) is 0 Å². The van der Waals surface area contributed by atoms with E-state index in [0.29, 0.717) is 11.5 Å². The molecule has 0 aliphatic rings. The molecule has 3 N–H and O–H groups in total. The van der Waals surface area contributed by atoms with Crippen molar-refractivity contribution < 1.29 is 9.50 Å². The van der Waals surface area contributed by atoms with Crippen molar-refractivity contribution >= 4 is 17.4 Å². The zero-order valence-electron chi connectivity index (χ0n) is 7.16. The van der Waals surface area contributed by atoms with Gasteiger partial charge in [0.2, 0.25) is 0 Å². The van der Waals surface area contributed by atoms with E-state index in [4.69, 9.17) is 10.8 Å². The standard InChI is InChI=1S/C9H12FNOS/c10-8-5-7(1-2-9(8)11)6-13-4-3-12/h1-2,5,12H,3-4,6,11H2. The van der Waals surface area contributed by atoms with Crippen molar-refractivity contribution in [3.05, 3.63) is 29.6 Å². The van der Waals surface area contributed by atoms with E-state index in [1.165, 1.54) is 6.07 Å². The summed E-state index contributed by atoms with van der Waals surface area (Å²) in [6, 6.07) is 4.78. The summed E-state index contributed by atoms with van der Waals surface area (Å²) in [7, 11) is 0. The highest BCUT2D eigenvalue weighted by Crippen LogP contribution is 2.16. The molecule has 0 saturated heterocycles. The third-order valence-corrected chi connectivity index (χ3v) is 2.58. The quantitative estimate of drug-likeness (QED) is 0.575. The number of anilines is 1. The highest BCUT2D eigenvalue weighted by molar-refractivity contribution is 7.98. The first-order valence-electron chi connectivity index (χ1n) is 3.96. The molecule has 0 aliphatic carbocycles. The molecule has 0 radical (unpaired) electrons. The van der Waals surface area contributed by atoms with E-state index in [0.717, 1.165) is 5.56 Å². The topological polar surface area (TPSA) is 46.2 Å². The number of nitrogens with two attached hydrogens (primary N) is 1. The van der Waals surface area contributed by atoms with Gasteiger partial charge in [-0.3, -0.25) is 0 Å². The molecule has 0 atom stereocenters. The average molecular weight is 201 g/mol. The van der Waals surface area contributed by atoms with Crippen molar-refractivity contribution in [2.75, 3.05) is 18.1 Å². The maximum absolute atomic E-state index is 12.9. The predicted molar refractivity (Wildman–Crippen MR) is 54.1 cm³/mol. The minimum Gasteiger partial charge on any atom is -0.396 e. The molecule has 2 nitrogen and oxygen atoms in total. The number of nitrogen functional groups attached to an aromatic ring is 1. The summed E-state index contributed by atoms with van der Waals surface area (Å²) in [5.41, 5.74) is 6.39. The van der Waals surface area contributed by atoms with Crippen molar-refractivity contribution in [3.63, 3.8) is 0 Å².